The average molecular weight is 474 g/mol. The van der Waals surface area contributed by atoms with Gasteiger partial charge in [-0.1, -0.05) is 24.3 Å². The van der Waals surface area contributed by atoms with Crippen LogP contribution in [-0.4, -0.2) is 45.0 Å². The number of likely N-dealkylation sites (tertiary alicyclic amines) is 1. The number of pyridine rings is 1. The molecule has 0 N–H and O–H groups in total. The molecule has 3 heterocycles. The van der Waals surface area contributed by atoms with Gasteiger partial charge in [-0.05, 0) is 55.4 Å². The van der Waals surface area contributed by atoms with Crippen LogP contribution in [0.5, 0.6) is 11.5 Å². The SMILES string of the molecule is COc1ccc(C2CCCN2Cn2nc(-c3cccnc3)n(-c3ccccc3)c2=S)c(OC)c1. The van der Waals surface area contributed by atoms with E-state index in [2.05, 4.69) is 16.0 Å². The number of rotatable bonds is 7. The molecule has 1 saturated heterocycles. The molecule has 0 amide bonds. The van der Waals surface area contributed by atoms with E-state index in [1.54, 1.807) is 20.4 Å². The highest BCUT2D eigenvalue weighted by atomic mass is 32.1. The van der Waals surface area contributed by atoms with E-state index >= 15 is 0 Å². The second-order valence-electron chi connectivity index (χ2n) is 8.24. The monoisotopic (exact) mass is 473 g/mol. The van der Waals surface area contributed by atoms with Gasteiger partial charge in [0.15, 0.2) is 5.82 Å². The minimum Gasteiger partial charge on any atom is -0.497 e. The highest BCUT2D eigenvalue weighted by Crippen LogP contribution is 2.39. The summed E-state index contributed by atoms with van der Waals surface area (Å²) in [4.78, 5) is 6.70. The lowest BCUT2D eigenvalue weighted by Crippen LogP contribution is -2.27. The Morgan fingerprint density at radius 2 is 1.88 bits per heavy atom. The Kier molecular flexibility index (Phi) is 6.42. The molecular formula is C26H27N5O2S. The van der Waals surface area contributed by atoms with Gasteiger partial charge in [-0.3, -0.25) is 14.5 Å². The third kappa shape index (κ3) is 4.22. The molecule has 7 nitrogen and oxygen atoms in total. The minimum absolute atomic E-state index is 0.214. The number of benzene rings is 2. The first kappa shape index (κ1) is 22.3. The third-order valence-electron chi connectivity index (χ3n) is 6.25. The molecule has 1 unspecified atom stereocenters. The summed E-state index contributed by atoms with van der Waals surface area (Å²) in [6.07, 6.45) is 5.73. The smallest absolute Gasteiger partial charge is 0.204 e. The predicted octanol–water partition coefficient (Wildman–Crippen LogP) is 5.28. The van der Waals surface area contributed by atoms with Crippen molar-refractivity contribution in [3.8, 4) is 28.6 Å². The minimum atomic E-state index is 0.214. The Morgan fingerprint density at radius 1 is 1.03 bits per heavy atom. The van der Waals surface area contributed by atoms with Crippen LogP contribution >= 0.6 is 12.2 Å². The van der Waals surface area contributed by atoms with Crippen molar-refractivity contribution >= 4 is 12.2 Å². The molecule has 4 aromatic rings. The summed E-state index contributed by atoms with van der Waals surface area (Å²) in [6.45, 7) is 1.55. The zero-order chi connectivity index (χ0) is 23.5. The van der Waals surface area contributed by atoms with E-state index in [1.165, 1.54) is 0 Å². The molecule has 1 atom stereocenters. The maximum atomic E-state index is 5.94. The molecule has 2 aromatic carbocycles. The van der Waals surface area contributed by atoms with Gasteiger partial charge in [0.1, 0.15) is 11.5 Å². The first-order chi connectivity index (χ1) is 16.7. The van der Waals surface area contributed by atoms with Gasteiger partial charge >= 0.3 is 0 Å². The first-order valence-corrected chi connectivity index (χ1v) is 11.7. The quantitative estimate of drug-likeness (QED) is 0.341. The zero-order valence-corrected chi connectivity index (χ0v) is 20.1. The molecule has 0 bridgehead atoms. The van der Waals surface area contributed by atoms with Gasteiger partial charge in [0.25, 0.3) is 0 Å². The third-order valence-corrected chi connectivity index (χ3v) is 6.65. The topological polar surface area (TPSA) is 57.3 Å². The van der Waals surface area contributed by atoms with E-state index in [1.807, 2.05) is 70.0 Å². The van der Waals surface area contributed by atoms with Crippen molar-refractivity contribution < 1.29 is 9.47 Å². The molecule has 0 saturated carbocycles. The summed E-state index contributed by atoms with van der Waals surface area (Å²) in [5.41, 5.74) is 3.06. The van der Waals surface area contributed by atoms with Gasteiger partial charge in [0.2, 0.25) is 4.77 Å². The van der Waals surface area contributed by atoms with Crippen LogP contribution in [0.4, 0.5) is 0 Å². The van der Waals surface area contributed by atoms with Crippen molar-refractivity contribution in [2.75, 3.05) is 20.8 Å². The highest BCUT2D eigenvalue weighted by Gasteiger charge is 2.29. The van der Waals surface area contributed by atoms with Gasteiger partial charge in [-0.15, -0.1) is 5.10 Å². The largest absolute Gasteiger partial charge is 0.497 e. The van der Waals surface area contributed by atoms with Crippen LogP contribution in [0.25, 0.3) is 17.1 Å². The molecule has 8 heteroatoms. The van der Waals surface area contributed by atoms with Crippen LogP contribution < -0.4 is 9.47 Å². The van der Waals surface area contributed by atoms with Crippen LogP contribution in [0.1, 0.15) is 24.4 Å². The number of nitrogens with zero attached hydrogens (tertiary/aromatic N) is 5. The fourth-order valence-electron chi connectivity index (χ4n) is 4.61. The van der Waals surface area contributed by atoms with Gasteiger partial charge < -0.3 is 9.47 Å². The van der Waals surface area contributed by atoms with E-state index in [0.29, 0.717) is 11.4 Å². The lowest BCUT2D eigenvalue weighted by molar-refractivity contribution is 0.187. The van der Waals surface area contributed by atoms with E-state index in [-0.39, 0.29) is 6.04 Å². The molecule has 2 aromatic heterocycles. The first-order valence-electron chi connectivity index (χ1n) is 11.3. The van der Waals surface area contributed by atoms with Gasteiger partial charge in [-0.25, -0.2) is 4.68 Å². The van der Waals surface area contributed by atoms with Crippen LogP contribution in [0.3, 0.4) is 0 Å². The number of methoxy groups -OCH3 is 2. The van der Waals surface area contributed by atoms with Crippen LogP contribution in [0.2, 0.25) is 0 Å². The van der Waals surface area contributed by atoms with Crippen LogP contribution in [-0.2, 0) is 6.67 Å². The Hall–Kier alpha value is -3.49. The molecule has 0 radical (unpaired) electrons. The standard InChI is InChI=1S/C26H27N5O2S/c1-32-21-12-13-22(24(16-21)33-2)23-11-7-15-29(23)18-30-26(34)31(20-9-4-3-5-10-20)25(28-30)19-8-6-14-27-17-19/h3-6,8-10,12-14,16-17,23H,7,11,15,18H2,1-2H3. The average Bonchev–Trinajstić information content (AvgIpc) is 3.49. The van der Waals surface area contributed by atoms with E-state index in [9.17, 15) is 0 Å². The molecule has 34 heavy (non-hydrogen) atoms. The Morgan fingerprint density at radius 3 is 2.62 bits per heavy atom. The number of hydrogen-bond acceptors (Lipinski definition) is 6. The Balaban J connectivity index is 1.53. The molecule has 174 valence electrons. The molecular weight excluding hydrogens is 446 g/mol. The summed E-state index contributed by atoms with van der Waals surface area (Å²) in [5.74, 6) is 2.41. The second-order valence-corrected chi connectivity index (χ2v) is 8.60. The molecule has 0 spiro atoms. The summed E-state index contributed by atoms with van der Waals surface area (Å²) in [6, 6.07) is 20.3. The van der Waals surface area contributed by atoms with Crippen LogP contribution in [0, 0.1) is 4.77 Å². The molecule has 1 aliphatic rings. The van der Waals surface area contributed by atoms with Crippen molar-refractivity contribution in [3.63, 3.8) is 0 Å². The fourth-order valence-corrected chi connectivity index (χ4v) is 4.90. The summed E-state index contributed by atoms with van der Waals surface area (Å²) in [7, 11) is 3.37. The van der Waals surface area contributed by atoms with Crippen molar-refractivity contribution in [1.29, 1.82) is 0 Å². The fraction of sp³-hybridized carbons (Fsp3) is 0.269. The summed E-state index contributed by atoms with van der Waals surface area (Å²) < 4.78 is 15.7. The van der Waals surface area contributed by atoms with E-state index < -0.39 is 0 Å². The Labute approximate surface area is 204 Å². The van der Waals surface area contributed by atoms with Crippen LogP contribution in [0.15, 0.2) is 73.1 Å². The predicted molar refractivity (Wildman–Crippen MR) is 134 cm³/mol. The lowest BCUT2D eigenvalue weighted by atomic mass is 10.0. The second kappa shape index (κ2) is 9.79. The van der Waals surface area contributed by atoms with Crippen molar-refractivity contribution in [2.24, 2.45) is 0 Å². The Bertz CT molecular complexity index is 1320. The summed E-state index contributed by atoms with van der Waals surface area (Å²) in [5, 5.41) is 4.96. The maximum Gasteiger partial charge on any atom is 0.204 e. The number of aromatic nitrogens is 4. The van der Waals surface area contributed by atoms with Crippen molar-refractivity contribution in [3.05, 3.63) is 83.4 Å². The molecule has 0 aliphatic carbocycles. The zero-order valence-electron chi connectivity index (χ0n) is 19.3. The van der Waals surface area contributed by atoms with Gasteiger partial charge in [0.05, 0.1) is 20.9 Å². The molecule has 1 aliphatic heterocycles. The lowest BCUT2D eigenvalue weighted by Gasteiger charge is -2.26. The van der Waals surface area contributed by atoms with E-state index in [0.717, 1.165) is 53.5 Å². The number of hydrogen-bond donors (Lipinski definition) is 0. The highest BCUT2D eigenvalue weighted by molar-refractivity contribution is 7.71. The molecule has 5 rings (SSSR count). The number of para-hydroxylation sites is 1. The summed E-state index contributed by atoms with van der Waals surface area (Å²) >= 11 is 5.94. The van der Waals surface area contributed by atoms with Gasteiger partial charge in [0, 0.05) is 47.9 Å². The number of ether oxygens (including phenoxy) is 2. The molecule has 1 fully saturated rings. The van der Waals surface area contributed by atoms with E-state index in [4.69, 9.17) is 26.8 Å². The van der Waals surface area contributed by atoms with Gasteiger partial charge in [-0.2, -0.15) is 0 Å². The van der Waals surface area contributed by atoms with Crippen molar-refractivity contribution in [1.82, 2.24) is 24.2 Å². The maximum absolute atomic E-state index is 5.94. The normalized spacial score (nSPS) is 16.0. The van der Waals surface area contributed by atoms with Crippen molar-refractivity contribution in [2.45, 2.75) is 25.6 Å².